The smallest absolute Gasteiger partial charge is 0.228 e. The van der Waals surface area contributed by atoms with E-state index in [9.17, 15) is 0 Å². The Morgan fingerprint density at radius 3 is 0.467 bits per heavy atom. The topological polar surface area (TPSA) is 24.7 Å². The van der Waals surface area contributed by atoms with Gasteiger partial charge in [-0.15, -0.1) is 9.03 Å². The average molecular weight is 1460 g/mol. The second-order valence-electron chi connectivity index (χ2n) is 19.4. The lowest BCUT2D eigenvalue weighted by Gasteiger charge is -2.31. The van der Waals surface area contributed by atoms with Crippen molar-refractivity contribution in [2.24, 2.45) is 9.03 Å². The second kappa shape index (κ2) is 36.7. The molecule has 12 aromatic rings. The minimum atomic E-state index is -2.50. The highest BCUT2D eigenvalue weighted by Crippen LogP contribution is 2.68. The molecule has 0 aliphatic carbocycles. The normalized spacial score (nSPS) is 11.4. The van der Waals surface area contributed by atoms with Crippen LogP contribution in [0.1, 0.15) is 0 Å². The molecule has 18 heteroatoms. The first-order valence-corrected chi connectivity index (χ1v) is 49.9. The van der Waals surface area contributed by atoms with Crippen molar-refractivity contribution >= 4 is 214 Å². The number of hydrogen-bond acceptors (Lipinski definition) is 14. The summed E-state index contributed by atoms with van der Waals surface area (Å²) in [6.45, 7) is 0. The Balaban J connectivity index is 0.000000168. The van der Waals surface area contributed by atoms with Gasteiger partial charge < -0.3 is 23.3 Å². The summed E-state index contributed by atoms with van der Waals surface area (Å²) in [5, 5.41) is 15.1. The number of rotatable bonds is 23. The summed E-state index contributed by atoms with van der Waals surface area (Å²) in [4.78, 5) is 0. The van der Waals surface area contributed by atoms with E-state index in [-0.39, 0.29) is 0 Å². The van der Waals surface area contributed by atoms with Crippen LogP contribution < -0.4 is 63.7 Å². The van der Waals surface area contributed by atoms with Crippen LogP contribution in [0.25, 0.3) is 0 Å². The van der Waals surface area contributed by atoms with Gasteiger partial charge in [-0.1, -0.05) is 291 Å². The van der Waals surface area contributed by atoms with Crippen molar-refractivity contribution in [3.8, 4) is 0 Å². The molecule has 12 rings (SSSR count). The van der Waals surface area contributed by atoms with E-state index in [1.165, 1.54) is 83.3 Å². The third-order valence-electron chi connectivity index (χ3n) is 14.3. The molecule has 0 unspecified atom stereocenters. The lowest BCUT2D eigenvalue weighted by atomic mass is 10.4. The van der Waals surface area contributed by atoms with Crippen LogP contribution >= 0.6 is 127 Å². The molecule has 0 bridgehead atoms. The zero-order chi connectivity index (χ0) is 61.8. The highest BCUT2D eigenvalue weighted by atomic mass is 34.0. The van der Waals surface area contributed by atoms with Crippen LogP contribution in [0, 0.1) is 0 Å². The summed E-state index contributed by atoms with van der Waals surface area (Å²) >= 11 is 9.38. The fourth-order valence-corrected chi connectivity index (χ4v) is 51.6. The van der Waals surface area contributed by atoms with E-state index in [0.717, 1.165) is 0 Å². The summed E-state index contributed by atoms with van der Waals surface area (Å²) in [7, 11) is 6.30. The summed E-state index contributed by atoms with van der Waals surface area (Å²) in [6.07, 6.45) is 0. The van der Waals surface area contributed by atoms with Crippen molar-refractivity contribution in [3.63, 3.8) is 0 Å². The van der Waals surface area contributed by atoms with E-state index < -0.39 is 28.9 Å². The quantitative estimate of drug-likeness (QED) is 0.0264. The molecular weight excluding hydrogens is 1400 g/mol. The van der Waals surface area contributed by atoms with Crippen LogP contribution in [0.3, 0.4) is 0 Å². The van der Waals surface area contributed by atoms with E-state index >= 15 is 0 Å². The van der Waals surface area contributed by atoms with Crippen LogP contribution in [0.15, 0.2) is 373 Å². The van der Waals surface area contributed by atoms with Gasteiger partial charge in [-0.25, -0.2) is 0 Å². The largest absolute Gasteiger partial charge is 0.706 e. The summed E-state index contributed by atoms with van der Waals surface area (Å²) in [5.74, 6) is 0. The lowest BCUT2D eigenvalue weighted by molar-refractivity contribution is 1.67. The first-order chi connectivity index (χ1) is 44.6. The third kappa shape index (κ3) is 17.0. The number of hydrogen-bond donors (Lipinski definition) is 0. The van der Waals surface area contributed by atoms with Gasteiger partial charge in [0.25, 0.3) is 0 Å². The highest BCUT2D eigenvalue weighted by molar-refractivity contribution is 9.54. The van der Waals surface area contributed by atoms with Gasteiger partial charge in [0.2, 0.25) is 14.8 Å². The van der Waals surface area contributed by atoms with Gasteiger partial charge in [0, 0.05) is 31.8 Å². The van der Waals surface area contributed by atoms with Crippen molar-refractivity contribution in [1.29, 1.82) is 0 Å². The Hall–Kier alpha value is -3.84. The van der Waals surface area contributed by atoms with E-state index in [1.54, 1.807) is 78.6 Å². The number of nitrogens with zero attached hydrogens (tertiary/aromatic N) is 2. The molecule has 0 amide bonds. The molecule has 0 spiro atoms. The zero-order valence-electron chi connectivity index (χ0n) is 48.2. The molecule has 0 atom stereocenters. The first kappa shape index (κ1) is 69.0. The van der Waals surface area contributed by atoms with Gasteiger partial charge in [-0.05, 0) is 151 Å². The van der Waals surface area contributed by atoms with Crippen molar-refractivity contribution in [1.82, 2.24) is 0 Å². The van der Waals surface area contributed by atoms with E-state index in [1.807, 2.05) is 0 Å². The molecule has 0 saturated heterocycles. The average Bonchev–Trinajstić information content (AvgIpc) is 0.826. The van der Waals surface area contributed by atoms with Crippen molar-refractivity contribution in [3.05, 3.63) is 364 Å². The fraction of sp³-hybridized carbons (Fsp3) is 0. The molecule has 0 N–H and O–H groups in total. The molecule has 90 heavy (non-hydrogen) atoms. The van der Waals surface area contributed by atoms with Crippen LogP contribution in [-0.2, 0) is 23.3 Å². The molecule has 0 heterocycles. The van der Waals surface area contributed by atoms with Crippen LogP contribution in [0.2, 0.25) is 0 Å². The summed E-state index contributed by atoms with van der Waals surface area (Å²) < 4.78 is 12.8. The molecule has 2 nitrogen and oxygen atoms in total. The van der Waals surface area contributed by atoms with E-state index in [4.69, 9.17) is 9.03 Å². The summed E-state index contributed by atoms with van der Waals surface area (Å²) in [6, 6.07) is 131. The Labute approximate surface area is 580 Å². The maximum absolute atomic E-state index is 6.38. The maximum atomic E-state index is 6.38. The molecular formula is C72H60N2P4S12. The molecule has 0 radical (unpaired) electrons. The zero-order valence-corrected chi connectivity index (χ0v) is 61.6. The van der Waals surface area contributed by atoms with Crippen LogP contribution in [0.4, 0.5) is 0 Å². The monoisotopic (exact) mass is 1460 g/mol. The lowest BCUT2D eigenvalue weighted by Crippen LogP contribution is -2.32. The SMILES string of the molecule is [S-]SSSSSSSSSS[S-].c1ccc(P(=N[P+](c2ccccc2)(c2ccccc2)c2ccccc2)(c2ccccc2)c2ccccc2)cc1.c1ccc(P(=N[P+](c2ccccc2)(c2ccccc2)c2ccccc2)(c2ccccc2)c2ccccc2)cc1. The second-order valence-corrected chi connectivity index (χ2v) is 49.8. The van der Waals surface area contributed by atoms with Crippen LogP contribution in [0.5, 0.6) is 0 Å². The predicted octanol–water partition coefficient (Wildman–Crippen LogP) is 20.6. The molecule has 0 saturated carbocycles. The van der Waals surface area contributed by atoms with Gasteiger partial charge in [0.15, 0.2) is 0 Å². The molecule has 0 aromatic heterocycles. The molecule has 0 aliphatic heterocycles. The molecule has 0 fully saturated rings. The first-order valence-electron chi connectivity index (χ1n) is 28.2. The van der Waals surface area contributed by atoms with Gasteiger partial charge in [-0.2, -0.15) is 0 Å². The Kier molecular flexibility index (Phi) is 28.2. The number of benzene rings is 12. The van der Waals surface area contributed by atoms with Gasteiger partial charge >= 0.3 is 0 Å². The van der Waals surface area contributed by atoms with Gasteiger partial charge in [-0.3, -0.25) is 19.7 Å². The molecule has 0 aliphatic rings. The molecule has 12 aromatic carbocycles. The van der Waals surface area contributed by atoms with Gasteiger partial charge in [0.05, 0.1) is 0 Å². The minimum absolute atomic E-state index is 1.26. The fourth-order valence-electron chi connectivity index (χ4n) is 10.6. The predicted molar refractivity (Wildman–Crippen MR) is 436 cm³/mol. The van der Waals surface area contributed by atoms with E-state index in [0.29, 0.717) is 0 Å². The molecule has 450 valence electrons. The minimum Gasteiger partial charge on any atom is -0.706 e. The maximum Gasteiger partial charge on any atom is 0.228 e. The van der Waals surface area contributed by atoms with Crippen molar-refractivity contribution in [2.75, 3.05) is 0 Å². The summed E-state index contributed by atoms with van der Waals surface area (Å²) in [5.41, 5.74) is 0. The highest BCUT2D eigenvalue weighted by Gasteiger charge is 2.51. The van der Waals surface area contributed by atoms with Crippen molar-refractivity contribution < 1.29 is 0 Å². The Bertz CT molecular complexity index is 3430. The Morgan fingerprint density at radius 1 is 0.189 bits per heavy atom. The van der Waals surface area contributed by atoms with Crippen LogP contribution in [-0.4, -0.2) is 0 Å². The Morgan fingerprint density at radius 2 is 0.322 bits per heavy atom. The van der Waals surface area contributed by atoms with Crippen molar-refractivity contribution in [2.45, 2.75) is 0 Å². The van der Waals surface area contributed by atoms with E-state index in [2.05, 4.69) is 387 Å². The third-order valence-corrected chi connectivity index (χ3v) is 51.2. The standard InChI is InChI=1S/2C36H30NP2.H2S12/c2*1-7-19-31(20-8-1)38(32-21-9-2-10-22-32,33-23-11-3-12-24-33)37-39(34-25-13-4-14-26-34,35-27-15-5-16-28-35)36-29-17-6-18-30-36;1-3-5-7-9-11-12-10-8-6-4-2/h2*1-30H;1-2H/q2*+1;/p-2. The van der Waals surface area contributed by atoms with Gasteiger partial charge in [0.1, 0.15) is 45.9 Å².